The summed E-state index contributed by atoms with van der Waals surface area (Å²) in [6.07, 6.45) is 5.04. The molecule has 1 saturated heterocycles. The fourth-order valence-corrected chi connectivity index (χ4v) is 5.13. The maximum atomic E-state index is 12.2. The Balaban J connectivity index is 1.52. The summed E-state index contributed by atoms with van der Waals surface area (Å²) in [4.78, 5) is 11.0. The average Bonchev–Trinajstić information content (AvgIpc) is 3.46. The minimum absolute atomic E-state index is 0.0614. The summed E-state index contributed by atoms with van der Waals surface area (Å²) in [7, 11) is -3.28. The number of anilines is 6. The fourth-order valence-electron chi connectivity index (χ4n) is 4.33. The van der Waals surface area contributed by atoms with Crippen LogP contribution >= 0.6 is 0 Å². The lowest BCUT2D eigenvalue weighted by atomic mass is 10.1. The Hall–Kier alpha value is -4.41. The predicted molar refractivity (Wildman–Crippen MR) is 143 cm³/mol. The van der Waals surface area contributed by atoms with Gasteiger partial charge in [0.25, 0.3) is 0 Å². The third-order valence-electron chi connectivity index (χ3n) is 5.97. The van der Waals surface area contributed by atoms with Gasteiger partial charge >= 0.3 is 0 Å². The van der Waals surface area contributed by atoms with E-state index in [0.29, 0.717) is 52.1 Å². The molecule has 1 fully saturated rings. The van der Waals surface area contributed by atoms with Crippen molar-refractivity contribution in [2.24, 2.45) is 5.73 Å². The highest BCUT2D eigenvalue weighted by Crippen LogP contribution is 2.31. The van der Waals surface area contributed by atoms with Crippen molar-refractivity contribution in [3.05, 3.63) is 59.9 Å². The van der Waals surface area contributed by atoms with Gasteiger partial charge in [-0.25, -0.2) is 18.4 Å². The molecule has 37 heavy (non-hydrogen) atoms. The number of hydrogen-bond donors (Lipinski definition) is 4. The molecule has 0 bridgehead atoms. The molecule has 190 valence electrons. The second kappa shape index (κ2) is 9.57. The van der Waals surface area contributed by atoms with Gasteiger partial charge in [-0.2, -0.15) is 14.9 Å². The maximum Gasteiger partial charge on any atom is 0.177 e. The number of nitrogen functional groups attached to an aromatic ring is 1. The van der Waals surface area contributed by atoms with Crippen molar-refractivity contribution in [1.82, 2.24) is 19.6 Å². The lowest BCUT2D eigenvalue weighted by molar-refractivity contribution is 0.601. The van der Waals surface area contributed by atoms with Crippen LogP contribution < -0.4 is 27.0 Å². The highest BCUT2D eigenvalue weighted by molar-refractivity contribution is 7.89. The molecular formula is C24H26N10O2S. The molecular weight excluding hydrogens is 492 g/mol. The molecule has 3 aromatic heterocycles. The van der Waals surface area contributed by atoms with Crippen LogP contribution in [-0.2, 0) is 15.6 Å². The first-order valence-electron chi connectivity index (χ1n) is 11.5. The van der Waals surface area contributed by atoms with Gasteiger partial charge in [-0.05, 0) is 42.3 Å². The molecule has 0 spiro atoms. The van der Waals surface area contributed by atoms with E-state index in [-0.39, 0.29) is 11.8 Å². The van der Waals surface area contributed by atoms with E-state index in [1.165, 1.54) is 23.2 Å². The molecule has 4 aromatic rings. The van der Waals surface area contributed by atoms with E-state index < -0.39 is 9.84 Å². The smallest absolute Gasteiger partial charge is 0.177 e. The van der Waals surface area contributed by atoms with Gasteiger partial charge in [-0.15, -0.1) is 0 Å². The van der Waals surface area contributed by atoms with Crippen molar-refractivity contribution >= 4 is 50.0 Å². The number of nitrogens with zero attached hydrogens (tertiary/aromatic N) is 6. The first-order chi connectivity index (χ1) is 17.7. The van der Waals surface area contributed by atoms with Crippen LogP contribution in [0.3, 0.4) is 0 Å². The standard InChI is InChI=1S/C24H26N10O2S/c1-37(35,36)14-15-8-19(3-4-20(15)33-7-6-18(27)13-33)30-22-9-23(31-21-5-2-17(26)12-28-21)34-24(32-22)16(10-25)11-29-34/h2-5,8-9,11-12,18H,6-7,13-14,26-27H2,1H3,(H,28,31)(H,30,32). The molecule has 0 radical (unpaired) electrons. The number of pyridine rings is 1. The van der Waals surface area contributed by atoms with Crippen LogP contribution in [0.25, 0.3) is 5.65 Å². The Morgan fingerprint density at radius 3 is 2.68 bits per heavy atom. The summed E-state index contributed by atoms with van der Waals surface area (Å²) in [5, 5.41) is 20.2. The Morgan fingerprint density at radius 2 is 2.00 bits per heavy atom. The van der Waals surface area contributed by atoms with Crippen LogP contribution in [0.4, 0.5) is 34.5 Å². The summed E-state index contributed by atoms with van der Waals surface area (Å²) >= 11 is 0. The Morgan fingerprint density at radius 1 is 1.16 bits per heavy atom. The van der Waals surface area contributed by atoms with Crippen LogP contribution in [0, 0.1) is 11.3 Å². The van der Waals surface area contributed by atoms with E-state index in [2.05, 4.69) is 36.7 Å². The van der Waals surface area contributed by atoms with Crippen molar-refractivity contribution in [2.45, 2.75) is 18.2 Å². The molecule has 4 heterocycles. The summed E-state index contributed by atoms with van der Waals surface area (Å²) in [6.45, 7) is 1.45. The van der Waals surface area contributed by atoms with Crippen molar-refractivity contribution in [1.29, 1.82) is 5.26 Å². The number of nitrogens with one attached hydrogen (secondary N) is 2. The highest BCUT2D eigenvalue weighted by Gasteiger charge is 2.23. The summed E-state index contributed by atoms with van der Waals surface area (Å²) in [6, 6.07) is 12.9. The van der Waals surface area contributed by atoms with Crippen LogP contribution in [-0.4, -0.2) is 53.4 Å². The summed E-state index contributed by atoms with van der Waals surface area (Å²) in [5.74, 6) is 1.38. The van der Waals surface area contributed by atoms with Crippen molar-refractivity contribution in [3.8, 4) is 6.07 Å². The SMILES string of the molecule is CS(=O)(=O)Cc1cc(Nc2cc(Nc3ccc(N)cn3)n3ncc(C#N)c3n2)ccc1N1CCC(N)C1. The number of hydrogen-bond acceptors (Lipinski definition) is 11. The minimum atomic E-state index is -3.28. The van der Waals surface area contributed by atoms with Gasteiger partial charge in [0.1, 0.15) is 29.1 Å². The van der Waals surface area contributed by atoms with Gasteiger partial charge < -0.3 is 27.0 Å². The number of benzene rings is 1. The molecule has 13 heteroatoms. The largest absolute Gasteiger partial charge is 0.397 e. The number of nitrogens with two attached hydrogens (primary N) is 2. The summed E-state index contributed by atoms with van der Waals surface area (Å²) in [5.41, 5.74) is 15.2. The molecule has 6 N–H and O–H groups in total. The third kappa shape index (κ3) is 5.40. The quantitative estimate of drug-likeness (QED) is 0.281. The molecule has 1 unspecified atom stereocenters. The van der Waals surface area contributed by atoms with E-state index in [1.54, 1.807) is 18.2 Å². The molecule has 5 rings (SSSR count). The molecule has 1 aliphatic heterocycles. The van der Waals surface area contributed by atoms with E-state index in [0.717, 1.165) is 18.7 Å². The third-order valence-corrected chi connectivity index (χ3v) is 6.81. The number of rotatable bonds is 7. The van der Waals surface area contributed by atoms with Crippen molar-refractivity contribution in [2.75, 3.05) is 40.6 Å². The van der Waals surface area contributed by atoms with E-state index in [4.69, 9.17) is 11.5 Å². The number of nitriles is 1. The zero-order valence-electron chi connectivity index (χ0n) is 20.1. The van der Waals surface area contributed by atoms with Crippen molar-refractivity contribution in [3.63, 3.8) is 0 Å². The minimum Gasteiger partial charge on any atom is -0.397 e. The molecule has 1 aromatic carbocycles. The Bertz CT molecular complexity index is 1610. The molecule has 0 amide bonds. The lowest BCUT2D eigenvalue weighted by Gasteiger charge is -2.22. The monoisotopic (exact) mass is 518 g/mol. The summed E-state index contributed by atoms with van der Waals surface area (Å²) < 4.78 is 25.9. The molecule has 0 saturated carbocycles. The maximum absolute atomic E-state index is 12.2. The van der Waals surface area contributed by atoms with Crippen molar-refractivity contribution < 1.29 is 8.42 Å². The molecule has 0 aliphatic carbocycles. The second-order valence-corrected chi connectivity index (χ2v) is 11.2. The van der Waals surface area contributed by atoms with E-state index >= 15 is 0 Å². The number of sulfone groups is 1. The van der Waals surface area contributed by atoms with Gasteiger partial charge in [0.05, 0.1) is 23.8 Å². The first kappa shape index (κ1) is 24.3. The van der Waals surface area contributed by atoms with Gasteiger partial charge in [-0.3, -0.25) is 0 Å². The van der Waals surface area contributed by atoms with E-state index in [1.807, 2.05) is 18.2 Å². The normalized spacial score (nSPS) is 15.6. The first-order valence-corrected chi connectivity index (χ1v) is 13.6. The van der Waals surface area contributed by atoms with Crippen LogP contribution in [0.1, 0.15) is 17.5 Å². The van der Waals surface area contributed by atoms with Gasteiger partial charge in [-0.1, -0.05) is 0 Å². The number of fused-ring (bicyclic) bond motifs is 1. The predicted octanol–water partition coefficient (Wildman–Crippen LogP) is 2.15. The van der Waals surface area contributed by atoms with Gasteiger partial charge in [0.2, 0.25) is 0 Å². The number of aromatic nitrogens is 4. The zero-order valence-corrected chi connectivity index (χ0v) is 20.9. The molecule has 1 aliphatic rings. The topological polar surface area (TPSA) is 180 Å². The lowest BCUT2D eigenvalue weighted by Crippen LogP contribution is -2.27. The van der Waals surface area contributed by atoms with Crippen LogP contribution in [0.2, 0.25) is 0 Å². The van der Waals surface area contributed by atoms with Gasteiger partial charge in [0.15, 0.2) is 15.5 Å². The molecule has 1 atom stereocenters. The molecule has 12 nitrogen and oxygen atoms in total. The van der Waals surface area contributed by atoms with Gasteiger partial charge in [0, 0.05) is 42.8 Å². The average molecular weight is 519 g/mol. The zero-order chi connectivity index (χ0) is 26.2. The van der Waals surface area contributed by atoms with E-state index in [9.17, 15) is 13.7 Å². The highest BCUT2D eigenvalue weighted by atomic mass is 32.2. The van der Waals surface area contributed by atoms with Crippen LogP contribution in [0.15, 0.2) is 48.8 Å². The fraction of sp³-hybridized carbons (Fsp3) is 0.250. The Kier molecular flexibility index (Phi) is 6.28. The van der Waals surface area contributed by atoms with Crippen LogP contribution in [0.5, 0.6) is 0 Å². The Labute approximate surface area is 213 Å². The second-order valence-electron chi connectivity index (χ2n) is 9.07.